The van der Waals surface area contributed by atoms with Crippen LogP contribution in [0, 0.1) is 0 Å². The first-order chi connectivity index (χ1) is 9.10. The second kappa shape index (κ2) is 6.09. The van der Waals surface area contributed by atoms with Gasteiger partial charge in [-0.25, -0.2) is 0 Å². The summed E-state index contributed by atoms with van der Waals surface area (Å²) in [6.07, 6.45) is 0. The summed E-state index contributed by atoms with van der Waals surface area (Å²) >= 11 is 6.18. The maximum atomic E-state index is 6.18. The van der Waals surface area contributed by atoms with E-state index < -0.39 is 0 Å². The van der Waals surface area contributed by atoms with Gasteiger partial charge in [0, 0.05) is 6.54 Å². The minimum Gasteiger partial charge on any atom is -0.456 e. The van der Waals surface area contributed by atoms with Gasteiger partial charge in [0.15, 0.2) is 0 Å². The van der Waals surface area contributed by atoms with Gasteiger partial charge in [-0.15, -0.1) is 0 Å². The summed E-state index contributed by atoms with van der Waals surface area (Å²) in [6, 6.07) is 13.7. The molecule has 0 unspecified atom stereocenters. The number of ether oxygens (including phenoxy) is 1. The Bertz CT molecular complexity index is 566. The van der Waals surface area contributed by atoms with Gasteiger partial charge in [-0.3, -0.25) is 0 Å². The number of hydrogen-bond donors (Lipinski definition) is 1. The third-order valence-corrected chi connectivity index (χ3v) is 3.28. The van der Waals surface area contributed by atoms with Crippen LogP contribution in [0.4, 0.5) is 0 Å². The Balaban J connectivity index is 2.23. The molecule has 2 aromatic rings. The van der Waals surface area contributed by atoms with Gasteiger partial charge in [-0.2, -0.15) is 0 Å². The van der Waals surface area contributed by atoms with Gasteiger partial charge < -0.3 is 10.5 Å². The van der Waals surface area contributed by atoms with Crippen LogP contribution in [0.25, 0.3) is 0 Å². The van der Waals surface area contributed by atoms with Crippen LogP contribution in [-0.2, 0) is 6.54 Å². The van der Waals surface area contributed by atoms with Crippen molar-refractivity contribution >= 4 is 11.6 Å². The summed E-state index contributed by atoms with van der Waals surface area (Å²) < 4.78 is 5.83. The molecule has 19 heavy (non-hydrogen) atoms. The number of halogens is 1. The molecule has 0 amide bonds. The molecule has 2 aromatic carbocycles. The smallest absolute Gasteiger partial charge is 0.146 e. The molecule has 0 heterocycles. The lowest BCUT2D eigenvalue weighted by Crippen LogP contribution is -1.96. The molecular weight excluding hydrogens is 258 g/mol. The van der Waals surface area contributed by atoms with E-state index in [0.717, 1.165) is 11.3 Å². The van der Waals surface area contributed by atoms with Gasteiger partial charge in [0.25, 0.3) is 0 Å². The lowest BCUT2D eigenvalue weighted by molar-refractivity contribution is 0.481. The molecule has 0 aliphatic carbocycles. The molecule has 2 rings (SSSR count). The van der Waals surface area contributed by atoms with E-state index in [4.69, 9.17) is 22.1 Å². The predicted octanol–water partition coefficient (Wildman–Crippen LogP) is 4.71. The van der Waals surface area contributed by atoms with Crippen LogP contribution in [0.3, 0.4) is 0 Å². The Morgan fingerprint density at radius 1 is 1.16 bits per heavy atom. The molecular formula is C16H18ClNO. The molecule has 0 saturated carbocycles. The van der Waals surface area contributed by atoms with Gasteiger partial charge in [0.05, 0.1) is 5.02 Å². The molecule has 0 radical (unpaired) electrons. The van der Waals surface area contributed by atoms with Crippen LogP contribution < -0.4 is 10.5 Å². The Morgan fingerprint density at radius 2 is 1.95 bits per heavy atom. The van der Waals surface area contributed by atoms with E-state index in [1.807, 2.05) is 36.4 Å². The second-order valence-electron chi connectivity index (χ2n) is 4.80. The van der Waals surface area contributed by atoms with Crippen molar-refractivity contribution in [2.45, 2.75) is 26.3 Å². The van der Waals surface area contributed by atoms with Gasteiger partial charge in [0.1, 0.15) is 11.5 Å². The molecule has 100 valence electrons. The molecule has 2 N–H and O–H groups in total. The first kappa shape index (κ1) is 13.9. The largest absolute Gasteiger partial charge is 0.456 e. The standard InChI is InChI=1S/C16H18ClNO/c1-11(2)13-4-3-5-14(9-13)19-16-7-6-12(10-18)8-15(16)17/h3-9,11H,10,18H2,1-2H3. The Morgan fingerprint density at radius 3 is 2.58 bits per heavy atom. The zero-order chi connectivity index (χ0) is 13.8. The normalized spacial score (nSPS) is 10.8. The van der Waals surface area contributed by atoms with Gasteiger partial charge >= 0.3 is 0 Å². The van der Waals surface area contributed by atoms with E-state index in [1.165, 1.54) is 5.56 Å². The Hall–Kier alpha value is -1.51. The highest BCUT2D eigenvalue weighted by Gasteiger charge is 2.06. The highest BCUT2D eigenvalue weighted by atomic mass is 35.5. The summed E-state index contributed by atoms with van der Waals surface area (Å²) in [5.74, 6) is 1.92. The first-order valence-electron chi connectivity index (χ1n) is 6.36. The fourth-order valence-electron chi connectivity index (χ4n) is 1.82. The average molecular weight is 276 g/mol. The summed E-state index contributed by atoms with van der Waals surface area (Å²) in [4.78, 5) is 0. The highest BCUT2D eigenvalue weighted by Crippen LogP contribution is 2.31. The third kappa shape index (κ3) is 3.49. The van der Waals surface area contributed by atoms with E-state index in [0.29, 0.717) is 23.2 Å². The molecule has 0 bridgehead atoms. The van der Waals surface area contributed by atoms with E-state index >= 15 is 0 Å². The molecule has 0 aliphatic heterocycles. The van der Waals surface area contributed by atoms with Crippen molar-refractivity contribution in [3.8, 4) is 11.5 Å². The second-order valence-corrected chi connectivity index (χ2v) is 5.21. The zero-order valence-electron chi connectivity index (χ0n) is 11.2. The van der Waals surface area contributed by atoms with Crippen LogP contribution in [0.1, 0.15) is 30.9 Å². The molecule has 0 aromatic heterocycles. The summed E-state index contributed by atoms with van der Waals surface area (Å²) in [6.45, 7) is 4.78. The topological polar surface area (TPSA) is 35.2 Å². The number of hydrogen-bond acceptors (Lipinski definition) is 2. The lowest BCUT2D eigenvalue weighted by atomic mass is 10.0. The van der Waals surface area contributed by atoms with Crippen molar-refractivity contribution in [1.29, 1.82) is 0 Å². The molecule has 0 aliphatic rings. The number of benzene rings is 2. The van der Waals surface area contributed by atoms with Crippen molar-refractivity contribution in [1.82, 2.24) is 0 Å². The van der Waals surface area contributed by atoms with Crippen molar-refractivity contribution in [3.63, 3.8) is 0 Å². The van der Waals surface area contributed by atoms with Gasteiger partial charge in [-0.1, -0.05) is 43.6 Å². The first-order valence-corrected chi connectivity index (χ1v) is 6.74. The molecule has 0 spiro atoms. The van der Waals surface area contributed by atoms with Crippen molar-refractivity contribution in [2.75, 3.05) is 0 Å². The molecule has 0 saturated heterocycles. The Labute approximate surface area is 119 Å². The number of nitrogens with two attached hydrogens (primary N) is 1. The minimum absolute atomic E-state index is 0.471. The SMILES string of the molecule is CC(C)c1cccc(Oc2ccc(CN)cc2Cl)c1. The fraction of sp³-hybridized carbons (Fsp3) is 0.250. The molecule has 0 fully saturated rings. The molecule has 3 heteroatoms. The third-order valence-electron chi connectivity index (χ3n) is 2.98. The van der Waals surface area contributed by atoms with Crippen molar-refractivity contribution in [3.05, 3.63) is 58.6 Å². The van der Waals surface area contributed by atoms with Gasteiger partial charge in [-0.05, 0) is 41.3 Å². The molecule has 2 nitrogen and oxygen atoms in total. The van der Waals surface area contributed by atoms with Crippen LogP contribution in [0.15, 0.2) is 42.5 Å². The molecule has 0 atom stereocenters. The summed E-state index contributed by atoms with van der Waals surface area (Å²) in [5.41, 5.74) is 7.81. The number of rotatable bonds is 4. The van der Waals surface area contributed by atoms with E-state index in [-0.39, 0.29) is 0 Å². The summed E-state index contributed by atoms with van der Waals surface area (Å²) in [5, 5.41) is 0.581. The maximum absolute atomic E-state index is 6.18. The Kier molecular flexibility index (Phi) is 4.46. The fourth-order valence-corrected chi connectivity index (χ4v) is 2.06. The van der Waals surface area contributed by atoms with Crippen LogP contribution in [-0.4, -0.2) is 0 Å². The zero-order valence-corrected chi connectivity index (χ0v) is 11.9. The van der Waals surface area contributed by atoms with Crippen molar-refractivity contribution in [2.24, 2.45) is 5.73 Å². The van der Waals surface area contributed by atoms with Crippen LogP contribution in [0.5, 0.6) is 11.5 Å². The quantitative estimate of drug-likeness (QED) is 0.877. The summed E-state index contributed by atoms with van der Waals surface area (Å²) in [7, 11) is 0. The van der Waals surface area contributed by atoms with E-state index in [9.17, 15) is 0 Å². The highest BCUT2D eigenvalue weighted by molar-refractivity contribution is 6.32. The van der Waals surface area contributed by atoms with Crippen LogP contribution in [0.2, 0.25) is 5.02 Å². The van der Waals surface area contributed by atoms with Gasteiger partial charge in [0.2, 0.25) is 0 Å². The van der Waals surface area contributed by atoms with Crippen LogP contribution >= 0.6 is 11.6 Å². The lowest BCUT2D eigenvalue weighted by Gasteiger charge is -2.11. The van der Waals surface area contributed by atoms with E-state index in [2.05, 4.69) is 19.9 Å². The minimum atomic E-state index is 0.471. The predicted molar refractivity (Wildman–Crippen MR) is 79.9 cm³/mol. The average Bonchev–Trinajstić information content (AvgIpc) is 2.41. The van der Waals surface area contributed by atoms with E-state index in [1.54, 1.807) is 0 Å². The van der Waals surface area contributed by atoms with Crippen molar-refractivity contribution < 1.29 is 4.74 Å². The monoisotopic (exact) mass is 275 g/mol. The maximum Gasteiger partial charge on any atom is 0.146 e.